The molecule has 7 nitrogen and oxygen atoms in total. The zero-order chi connectivity index (χ0) is 22.2. The number of amides is 1. The molecule has 1 heterocycles. The fraction of sp³-hybridized carbons (Fsp3) is 0.182. The smallest absolute Gasteiger partial charge is 0.237 e. The molecule has 1 amide bonds. The Balaban J connectivity index is 1.68. The van der Waals surface area contributed by atoms with E-state index in [1.807, 2.05) is 6.07 Å². The molecule has 0 saturated heterocycles. The lowest BCUT2D eigenvalue weighted by Crippen LogP contribution is -2.23. The molecule has 0 radical (unpaired) electrons. The molecule has 1 unspecified atom stereocenters. The number of carbonyl (C=O) groups excluding carboxylic acids is 1. The Morgan fingerprint density at radius 1 is 1.35 bits per heavy atom. The Morgan fingerprint density at radius 2 is 2.16 bits per heavy atom. The molecule has 0 aliphatic rings. The van der Waals surface area contributed by atoms with Gasteiger partial charge in [-0.25, -0.2) is 4.39 Å². The van der Waals surface area contributed by atoms with Crippen LogP contribution in [0.15, 0.2) is 66.3 Å². The van der Waals surface area contributed by atoms with Gasteiger partial charge in [-0.1, -0.05) is 36.0 Å². The van der Waals surface area contributed by atoms with E-state index in [4.69, 9.17) is 10.00 Å². The number of carbonyl (C=O) groups is 1. The number of thioether (sulfide) groups is 1. The molecule has 3 rings (SSSR count). The number of hydrogen-bond donors (Lipinski definition) is 1. The Bertz CT molecular complexity index is 1130. The molecule has 0 saturated carbocycles. The average molecular weight is 438 g/mol. The first-order valence-corrected chi connectivity index (χ1v) is 10.3. The van der Waals surface area contributed by atoms with Crippen molar-refractivity contribution in [1.29, 1.82) is 5.26 Å². The molecular weight excluding hydrogens is 417 g/mol. The van der Waals surface area contributed by atoms with Crippen LogP contribution in [0.5, 0.6) is 5.75 Å². The van der Waals surface area contributed by atoms with Gasteiger partial charge in [0.25, 0.3) is 0 Å². The van der Waals surface area contributed by atoms with Crippen LogP contribution >= 0.6 is 11.8 Å². The highest BCUT2D eigenvalue weighted by Crippen LogP contribution is 2.25. The molecule has 0 bridgehead atoms. The van der Waals surface area contributed by atoms with E-state index in [-0.39, 0.29) is 18.3 Å². The molecule has 0 aliphatic carbocycles. The molecule has 1 N–H and O–H groups in total. The Hall–Kier alpha value is -3.64. The van der Waals surface area contributed by atoms with Crippen LogP contribution in [0.4, 0.5) is 10.1 Å². The summed E-state index contributed by atoms with van der Waals surface area (Å²) in [6.07, 6.45) is 1.68. The van der Waals surface area contributed by atoms with Gasteiger partial charge < -0.3 is 10.1 Å². The van der Waals surface area contributed by atoms with Gasteiger partial charge in [-0.3, -0.25) is 9.36 Å². The first-order chi connectivity index (χ1) is 15.0. The van der Waals surface area contributed by atoms with Crippen LogP contribution in [0.3, 0.4) is 0 Å². The van der Waals surface area contributed by atoms with E-state index in [9.17, 15) is 9.18 Å². The minimum absolute atomic E-state index is 0.0177. The number of aromatic nitrogens is 3. The minimum atomic E-state index is -0.487. The number of nitriles is 1. The Labute approximate surface area is 183 Å². The molecule has 3 aromatic rings. The Morgan fingerprint density at radius 3 is 2.90 bits per heavy atom. The third kappa shape index (κ3) is 5.71. The molecule has 0 aliphatic heterocycles. The summed E-state index contributed by atoms with van der Waals surface area (Å²) in [5.74, 6) is -0.0905. The van der Waals surface area contributed by atoms with Gasteiger partial charge in [0.2, 0.25) is 5.91 Å². The monoisotopic (exact) mass is 437 g/mol. The third-order valence-electron chi connectivity index (χ3n) is 4.21. The van der Waals surface area contributed by atoms with Gasteiger partial charge in [-0.15, -0.1) is 16.8 Å². The first-order valence-electron chi connectivity index (χ1n) is 9.39. The van der Waals surface area contributed by atoms with Crippen LogP contribution in [-0.2, 0) is 17.9 Å². The summed E-state index contributed by atoms with van der Waals surface area (Å²) in [5.41, 5.74) is 1.01. The van der Waals surface area contributed by atoms with Crippen molar-refractivity contribution in [3.63, 3.8) is 0 Å². The highest BCUT2D eigenvalue weighted by Gasteiger charge is 2.20. The highest BCUT2D eigenvalue weighted by atomic mass is 32.2. The van der Waals surface area contributed by atoms with Crippen molar-refractivity contribution in [1.82, 2.24) is 14.8 Å². The number of ether oxygens (including phenoxy) is 1. The minimum Gasteiger partial charge on any atom is -0.483 e. The predicted molar refractivity (Wildman–Crippen MR) is 116 cm³/mol. The maximum Gasteiger partial charge on any atom is 0.237 e. The molecule has 9 heteroatoms. The lowest BCUT2D eigenvalue weighted by molar-refractivity contribution is -0.115. The molecule has 2 aromatic carbocycles. The number of para-hydroxylation sites is 1. The highest BCUT2D eigenvalue weighted by molar-refractivity contribution is 8.00. The first kappa shape index (κ1) is 22.1. The van der Waals surface area contributed by atoms with Gasteiger partial charge in [-0.2, -0.15) is 5.26 Å². The van der Waals surface area contributed by atoms with E-state index >= 15 is 0 Å². The number of nitrogens with one attached hydrogen (secondary N) is 1. The largest absolute Gasteiger partial charge is 0.483 e. The number of hydrogen-bond acceptors (Lipinski definition) is 6. The van der Waals surface area contributed by atoms with E-state index in [0.717, 1.165) is 0 Å². The van der Waals surface area contributed by atoms with Gasteiger partial charge in [0.15, 0.2) is 22.5 Å². The second-order valence-electron chi connectivity index (χ2n) is 6.46. The summed E-state index contributed by atoms with van der Waals surface area (Å²) in [5, 5.41) is 20.1. The van der Waals surface area contributed by atoms with Crippen molar-refractivity contribution < 1.29 is 13.9 Å². The van der Waals surface area contributed by atoms with E-state index in [1.165, 1.54) is 23.9 Å². The average Bonchev–Trinajstić information content (AvgIpc) is 3.14. The van der Waals surface area contributed by atoms with Crippen molar-refractivity contribution in [3.05, 3.63) is 78.4 Å². The van der Waals surface area contributed by atoms with Gasteiger partial charge in [-0.05, 0) is 37.3 Å². The van der Waals surface area contributed by atoms with Gasteiger partial charge in [0.05, 0.1) is 16.9 Å². The predicted octanol–water partition coefficient (Wildman–Crippen LogP) is 4.17. The quantitative estimate of drug-likeness (QED) is 0.399. The fourth-order valence-electron chi connectivity index (χ4n) is 2.65. The van der Waals surface area contributed by atoms with Gasteiger partial charge in [0.1, 0.15) is 6.61 Å². The lowest BCUT2D eigenvalue weighted by Gasteiger charge is -2.13. The molecule has 1 atom stereocenters. The van der Waals surface area contributed by atoms with E-state index in [2.05, 4.69) is 22.1 Å². The maximum atomic E-state index is 13.8. The van der Waals surface area contributed by atoms with Gasteiger partial charge in [0, 0.05) is 12.2 Å². The zero-order valence-electron chi connectivity index (χ0n) is 16.8. The maximum absolute atomic E-state index is 13.8. The standard InChI is InChI=1S/C22H20FN5O2S/c1-3-11-28-20(14-30-19-10-5-4-9-18(19)23)26-27-22(28)31-15(2)21(29)25-17-8-6-7-16(12-17)13-24/h3-10,12,15H,1,11,14H2,2H3,(H,25,29). The number of halogens is 1. The second-order valence-corrected chi connectivity index (χ2v) is 7.77. The van der Waals surface area contributed by atoms with E-state index < -0.39 is 11.1 Å². The van der Waals surface area contributed by atoms with Gasteiger partial charge >= 0.3 is 0 Å². The van der Waals surface area contributed by atoms with Crippen LogP contribution in [0.25, 0.3) is 0 Å². The number of benzene rings is 2. The van der Waals surface area contributed by atoms with Crippen molar-refractivity contribution in [2.24, 2.45) is 0 Å². The van der Waals surface area contributed by atoms with Crippen molar-refractivity contribution in [2.45, 2.75) is 30.5 Å². The summed E-state index contributed by atoms with van der Waals surface area (Å²) >= 11 is 1.23. The van der Waals surface area contributed by atoms with Crippen LogP contribution in [0.1, 0.15) is 18.3 Å². The van der Waals surface area contributed by atoms with Crippen molar-refractivity contribution in [3.8, 4) is 11.8 Å². The van der Waals surface area contributed by atoms with Crippen LogP contribution < -0.4 is 10.1 Å². The Kier molecular flexibility index (Phi) is 7.40. The summed E-state index contributed by atoms with van der Waals surface area (Å²) < 4.78 is 21.1. The molecular formula is C22H20FN5O2S. The van der Waals surface area contributed by atoms with Crippen molar-refractivity contribution >= 4 is 23.4 Å². The van der Waals surface area contributed by atoms with Crippen molar-refractivity contribution in [2.75, 3.05) is 5.32 Å². The van der Waals surface area contributed by atoms with Crippen LogP contribution in [-0.4, -0.2) is 25.9 Å². The third-order valence-corrected chi connectivity index (χ3v) is 5.29. The zero-order valence-corrected chi connectivity index (χ0v) is 17.6. The number of nitrogens with zero attached hydrogens (tertiary/aromatic N) is 4. The molecule has 0 fully saturated rings. The molecule has 158 valence electrons. The fourth-order valence-corrected chi connectivity index (χ4v) is 3.53. The molecule has 31 heavy (non-hydrogen) atoms. The number of rotatable bonds is 9. The van der Waals surface area contributed by atoms with E-state index in [0.29, 0.717) is 28.8 Å². The number of anilines is 1. The normalized spacial score (nSPS) is 11.4. The number of allylic oxidation sites excluding steroid dienone is 1. The van der Waals surface area contributed by atoms with Crippen LogP contribution in [0, 0.1) is 17.1 Å². The molecule has 0 spiro atoms. The lowest BCUT2D eigenvalue weighted by atomic mass is 10.2. The summed E-state index contributed by atoms with van der Waals surface area (Å²) in [6.45, 7) is 5.92. The summed E-state index contributed by atoms with van der Waals surface area (Å²) in [6, 6.07) is 14.8. The second kappa shape index (κ2) is 10.4. The summed E-state index contributed by atoms with van der Waals surface area (Å²) in [7, 11) is 0. The SMILES string of the molecule is C=CCn1c(COc2ccccc2F)nnc1SC(C)C(=O)Nc1cccc(C#N)c1. The summed E-state index contributed by atoms with van der Waals surface area (Å²) in [4.78, 5) is 12.6. The topological polar surface area (TPSA) is 92.8 Å². The van der Waals surface area contributed by atoms with Crippen LogP contribution in [0.2, 0.25) is 0 Å². The van der Waals surface area contributed by atoms with E-state index in [1.54, 1.807) is 54.0 Å². The molecule has 1 aromatic heterocycles.